The summed E-state index contributed by atoms with van der Waals surface area (Å²) < 4.78 is 0. The smallest absolute Gasteiger partial charge is 0.248 e. The molecule has 7 nitrogen and oxygen atoms in total. The molecular weight excluding hydrogens is 320 g/mol. The molecule has 1 rings (SSSR count). The van der Waals surface area contributed by atoms with Crippen molar-refractivity contribution in [3.8, 4) is 0 Å². The quantitative estimate of drug-likeness (QED) is 0.311. The summed E-state index contributed by atoms with van der Waals surface area (Å²) in [6.07, 6.45) is 5.29. The van der Waals surface area contributed by atoms with Crippen LogP contribution in [-0.2, 0) is 14.4 Å². The van der Waals surface area contributed by atoms with Crippen LogP contribution in [0.1, 0.15) is 33.6 Å². The third-order valence-electron chi connectivity index (χ3n) is 4.04. The van der Waals surface area contributed by atoms with Gasteiger partial charge in [0, 0.05) is 13.6 Å². The zero-order valence-electron chi connectivity index (χ0n) is 15.4. The van der Waals surface area contributed by atoms with Crippen molar-refractivity contribution in [1.82, 2.24) is 15.5 Å². The molecule has 0 aromatic rings. The molecule has 0 aliphatic carbocycles. The van der Waals surface area contributed by atoms with E-state index in [0.29, 0.717) is 25.2 Å². The van der Waals surface area contributed by atoms with Gasteiger partial charge in [0.2, 0.25) is 18.2 Å². The van der Waals surface area contributed by atoms with Crippen LogP contribution < -0.4 is 10.6 Å². The van der Waals surface area contributed by atoms with E-state index in [0.717, 1.165) is 12.0 Å². The highest BCUT2D eigenvalue weighted by Crippen LogP contribution is 2.20. The molecule has 0 radical (unpaired) electrons. The fourth-order valence-electron chi connectivity index (χ4n) is 2.71. The zero-order chi connectivity index (χ0) is 19.0. The molecule has 0 bridgehead atoms. The number of allylic oxidation sites excluding steroid dienone is 2. The van der Waals surface area contributed by atoms with Crippen molar-refractivity contribution in [2.24, 2.45) is 10.9 Å². The predicted molar refractivity (Wildman–Crippen MR) is 98.0 cm³/mol. The van der Waals surface area contributed by atoms with Gasteiger partial charge in [0.15, 0.2) is 0 Å². The first kappa shape index (κ1) is 20.6. The Balaban J connectivity index is 2.85. The highest BCUT2D eigenvalue weighted by molar-refractivity contribution is 6.06. The maximum absolute atomic E-state index is 12.7. The van der Waals surface area contributed by atoms with Crippen LogP contribution in [0.4, 0.5) is 0 Å². The number of nitrogens with zero attached hydrogens (tertiary/aromatic N) is 2. The van der Waals surface area contributed by atoms with Crippen LogP contribution in [0.2, 0.25) is 0 Å². The number of amides is 3. The molecule has 1 fully saturated rings. The molecule has 1 aliphatic rings. The van der Waals surface area contributed by atoms with Crippen LogP contribution in [-0.4, -0.2) is 54.6 Å². The molecule has 0 spiro atoms. The Labute approximate surface area is 149 Å². The van der Waals surface area contributed by atoms with Crippen LogP contribution in [0, 0.1) is 5.92 Å². The van der Waals surface area contributed by atoms with Crippen molar-refractivity contribution < 1.29 is 14.4 Å². The third kappa shape index (κ3) is 5.85. The van der Waals surface area contributed by atoms with Crippen molar-refractivity contribution in [3.63, 3.8) is 0 Å². The van der Waals surface area contributed by atoms with Gasteiger partial charge < -0.3 is 15.5 Å². The SMILES string of the molecule is C=C(C)C=CC(=NC)NC(=O)C1CCCN1C(=O)C(NC=O)C(C)C. The van der Waals surface area contributed by atoms with Crippen LogP contribution in [0.5, 0.6) is 0 Å². The largest absolute Gasteiger partial charge is 0.347 e. The topological polar surface area (TPSA) is 90.9 Å². The lowest BCUT2D eigenvalue weighted by molar-refractivity contribution is -0.141. The molecule has 2 N–H and O–H groups in total. The van der Waals surface area contributed by atoms with Gasteiger partial charge in [-0.2, -0.15) is 0 Å². The Kier molecular flexibility index (Phi) is 8.04. The average molecular weight is 348 g/mol. The molecule has 1 aliphatic heterocycles. The van der Waals surface area contributed by atoms with Gasteiger partial charge in [-0.1, -0.05) is 32.1 Å². The van der Waals surface area contributed by atoms with Gasteiger partial charge in [-0.05, 0) is 31.8 Å². The Bertz CT molecular complexity index is 581. The maximum Gasteiger partial charge on any atom is 0.248 e. The van der Waals surface area contributed by atoms with Gasteiger partial charge >= 0.3 is 0 Å². The Hall–Kier alpha value is -2.44. The van der Waals surface area contributed by atoms with E-state index in [1.54, 1.807) is 24.1 Å². The zero-order valence-corrected chi connectivity index (χ0v) is 15.4. The van der Waals surface area contributed by atoms with E-state index < -0.39 is 12.1 Å². The Morgan fingerprint density at radius 2 is 2.00 bits per heavy atom. The van der Waals surface area contributed by atoms with E-state index in [-0.39, 0.29) is 17.7 Å². The van der Waals surface area contributed by atoms with Crippen molar-refractivity contribution in [1.29, 1.82) is 0 Å². The highest BCUT2D eigenvalue weighted by atomic mass is 16.2. The molecule has 0 aromatic carbocycles. The first-order chi connectivity index (χ1) is 11.8. The van der Waals surface area contributed by atoms with E-state index in [4.69, 9.17) is 0 Å². The maximum atomic E-state index is 12.7. The van der Waals surface area contributed by atoms with Gasteiger partial charge in [0.05, 0.1) is 0 Å². The summed E-state index contributed by atoms with van der Waals surface area (Å²) in [4.78, 5) is 41.7. The molecule has 1 heterocycles. The normalized spacial score (nSPS) is 19.2. The standard InChI is InChI=1S/C18H28N4O3/c1-12(2)8-9-15(19-5)21-17(24)14-7-6-10-22(14)18(25)16(13(3)4)20-11-23/h8-9,11,13-14,16H,1,6-7,10H2,2-5H3,(H,20,23)(H,19,21,24). The highest BCUT2D eigenvalue weighted by Gasteiger charge is 2.38. The van der Waals surface area contributed by atoms with Crippen molar-refractivity contribution in [2.75, 3.05) is 13.6 Å². The van der Waals surface area contributed by atoms with Crippen LogP contribution in [0.3, 0.4) is 0 Å². The molecule has 25 heavy (non-hydrogen) atoms. The average Bonchev–Trinajstić information content (AvgIpc) is 3.04. The lowest BCUT2D eigenvalue weighted by Crippen LogP contribution is -2.54. The molecule has 0 aromatic heterocycles. The first-order valence-corrected chi connectivity index (χ1v) is 8.43. The fraction of sp³-hybridized carbons (Fsp3) is 0.556. The summed E-state index contributed by atoms with van der Waals surface area (Å²) in [5.41, 5.74) is 0.841. The first-order valence-electron chi connectivity index (χ1n) is 8.43. The fourth-order valence-corrected chi connectivity index (χ4v) is 2.71. The Morgan fingerprint density at radius 3 is 2.52 bits per heavy atom. The van der Waals surface area contributed by atoms with Crippen molar-refractivity contribution in [2.45, 2.75) is 45.7 Å². The number of aliphatic imine (C=N–C) groups is 1. The number of carbonyl (C=O) groups excluding carboxylic acids is 3. The summed E-state index contributed by atoms with van der Waals surface area (Å²) in [7, 11) is 1.58. The summed E-state index contributed by atoms with van der Waals surface area (Å²) in [5, 5.41) is 5.30. The minimum Gasteiger partial charge on any atom is -0.347 e. The molecule has 3 amide bonds. The molecular formula is C18H28N4O3. The number of carbonyl (C=O) groups is 3. The van der Waals surface area contributed by atoms with E-state index in [1.165, 1.54) is 0 Å². The van der Waals surface area contributed by atoms with E-state index in [9.17, 15) is 14.4 Å². The minimum absolute atomic E-state index is 0.0618. The summed E-state index contributed by atoms with van der Waals surface area (Å²) in [5.74, 6) is -0.148. The number of nitrogens with one attached hydrogen (secondary N) is 2. The second-order valence-corrected chi connectivity index (χ2v) is 6.47. The molecule has 1 saturated heterocycles. The Morgan fingerprint density at radius 1 is 1.32 bits per heavy atom. The van der Waals surface area contributed by atoms with Crippen LogP contribution in [0.25, 0.3) is 0 Å². The van der Waals surface area contributed by atoms with Gasteiger partial charge in [-0.15, -0.1) is 0 Å². The van der Waals surface area contributed by atoms with E-state index in [1.807, 2.05) is 20.8 Å². The lowest BCUT2D eigenvalue weighted by atomic mass is 10.0. The van der Waals surface area contributed by atoms with Gasteiger partial charge in [0.25, 0.3) is 0 Å². The number of rotatable bonds is 7. The molecule has 2 unspecified atom stereocenters. The van der Waals surface area contributed by atoms with Crippen LogP contribution in [0.15, 0.2) is 29.3 Å². The number of likely N-dealkylation sites (tertiary alicyclic amines) is 1. The van der Waals surface area contributed by atoms with Crippen molar-refractivity contribution >= 4 is 24.1 Å². The molecule has 0 saturated carbocycles. The van der Waals surface area contributed by atoms with Crippen molar-refractivity contribution in [3.05, 3.63) is 24.3 Å². The number of hydrogen-bond donors (Lipinski definition) is 2. The van der Waals surface area contributed by atoms with Gasteiger partial charge in [-0.25, -0.2) is 0 Å². The van der Waals surface area contributed by atoms with Gasteiger partial charge in [0.1, 0.15) is 17.9 Å². The molecule has 138 valence electrons. The third-order valence-corrected chi connectivity index (χ3v) is 4.04. The van der Waals surface area contributed by atoms with Crippen LogP contribution >= 0.6 is 0 Å². The van der Waals surface area contributed by atoms with Gasteiger partial charge in [-0.3, -0.25) is 19.4 Å². The minimum atomic E-state index is -0.631. The predicted octanol–water partition coefficient (Wildman–Crippen LogP) is 1.02. The number of amidine groups is 1. The summed E-state index contributed by atoms with van der Waals surface area (Å²) in [6, 6.07) is -1.19. The second-order valence-electron chi connectivity index (χ2n) is 6.47. The molecule has 7 heteroatoms. The summed E-state index contributed by atoms with van der Waals surface area (Å²) in [6.45, 7) is 9.82. The lowest BCUT2D eigenvalue weighted by Gasteiger charge is -2.29. The number of hydrogen-bond acceptors (Lipinski definition) is 4. The molecule has 2 atom stereocenters. The summed E-state index contributed by atoms with van der Waals surface area (Å²) >= 11 is 0. The second kappa shape index (κ2) is 9.76. The monoisotopic (exact) mass is 348 g/mol. The van der Waals surface area contributed by atoms with E-state index >= 15 is 0 Å². The van der Waals surface area contributed by atoms with E-state index in [2.05, 4.69) is 22.2 Å².